The third kappa shape index (κ3) is 3.89. The Morgan fingerprint density at radius 3 is 2.40 bits per heavy atom. The summed E-state index contributed by atoms with van der Waals surface area (Å²) in [6.07, 6.45) is 5.31. The number of phenolic OH excluding ortho intramolecular Hbond substituents is 2. The SMILES string of the molecule is Br.CCCN(CCC)C1CCc2c(O)cc(O)cc2C1. The molecule has 1 aliphatic carbocycles. The number of aromatic hydroxyl groups is 2. The van der Waals surface area contributed by atoms with Gasteiger partial charge in [-0.1, -0.05) is 13.8 Å². The number of halogens is 1. The average molecular weight is 344 g/mol. The van der Waals surface area contributed by atoms with Crippen molar-refractivity contribution in [3.05, 3.63) is 23.3 Å². The molecule has 0 aromatic heterocycles. The van der Waals surface area contributed by atoms with Crippen LogP contribution in [0.4, 0.5) is 0 Å². The molecule has 1 unspecified atom stereocenters. The summed E-state index contributed by atoms with van der Waals surface area (Å²) in [5, 5.41) is 19.5. The van der Waals surface area contributed by atoms with Gasteiger partial charge in [-0.3, -0.25) is 0 Å². The first kappa shape index (κ1) is 17.3. The van der Waals surface area contributed by atoms with Crippen molar-refractivity contribution in [2.45, 2.75) is 52.0 Å². The lowest BCUT2D eigenvalue weighted by Crippen LogP contribution is -2.40. The molecule has 0 radical (unpaired) electrons. The van der Waals surface area contributed by atoms with Crippen LogP contribution in [0, 0.1) is 0 Å². The maximum atomic E-state index is 9.90. The Balaban J connectivity index is 0.00000200. The van der Waals surface area contributed by atoms with Crippen LogP contribution in [0.3, 0.4) is 0 Å². The normalized spacial score (nSPS) is 17.6. The predicted molar refractivity (Wildman–Crippen MR) is 88.1 cm³/mol. The largest absolute Gasteiger partial charge is 0.508 e. The van der Waals surface area contributed by atoms with Crippen molar-refractivity contribution in [2.24, 2.45) is 0 Å². The maximum Gasteiger partial charge on any atom is 0.122 e. The molecule has 4 heteroatoms. The molecule has 0 heterocycles. The van der Waals surface area contributed by atoms with Crippen molar-refractivity contribution in [3.8, 4) is 11.5 Å². The fraction of sp³-hybridized carbons (Fsp3) is 0.625. The minimum absolute atomic E-state index is 0. The Hall–Kier alpha value is -0.740. The summed E-state index contributed by atoms with van der Waals surface area (Å²) >= 11 is 0. The Bertz CT molecular complexity index is 431. The summed E-state index contributed by atoms with van der Waals surface area (Å²) in [6, 6.07) is 3.82. The molecule has 3 nitrogen and oxygen atoms in total. The molecule has 1 atom stereocenters. The quantitative estimate of drug-likeness (QED) is 0.857. The maximum absolute atomic E-state index is 9.90. The fourth-order valence-corrected chi connectivity index (χ4v) is 3.20. The van der Waals surface area contributed by atoms with E-state index in [1.807, 2.05) is 6.07 Å². The molecular weight excluding hydrogens is 318 g/mol. The van der Waals surface area contributed by atoms with Crippen LogP contribution >= 0.6 is 17.0 Å². The lowest BCUT2D eigenvalue weighted by molar-refractivity contribution is 0.179. The van der Waals surface area contributed by atoms with Gasteiger partial charge in [0.1, 0.15) is 11.5 Å². The second kappa shape index (κ2) is 7.89. The van der Waals surface area contributed by atoms with Crippen LogP contribution in [-0.4, -0.2) is 34.2 Å². The molecule has 114 valence electrons. The Kier molecular flexibility index (Phi) is 6.83. The van der Waals surface area contributed by atoms with Crippen molar-refractivity contribution >= 4 is 17.0 Å². The molecule has 0 aliphatic heterocycles. The highest BCUT2D eigenvalue weighted by atomic mass is 79.9. The van der Waals surface area contributed by atoms with E-state index in [4.69, 9.17) is 0 Å². The van der Waals surface area contributed by atoms with E-state index in [0.717, 1.165) is 43.5 Å². The number of nitrogens with zero attached hydrogens (tertiary/aromatic N) is 1. The molecule has 20 heavy (non-hydrogen) atoms. The molecule has 0 saturated heterocycles. The number of hydrogen-bond acceptors (Lipinski definition) is 3. The van der Waals surface area contributed by atoms with Gasteiger partial charge in [-0.2, -0.15) is 0 Å². The fourth-order valence-electron chi connectivity index (χ4n) is 3.20. The minimum atomic E-state index is 0. The summed E-state index contributed by atoms with van der Waals surface area (Å²) < 4.78 is 0. The van der Waals surface area contributed by atoms with E-state index in [9.17, 15) is 10.2 Å². The second-order valence-corrected chi connectivity index (χ2v) is 5.54. The Morgan fingerprint density at radius 2 is 1.80 bits per heavy atom. The zero-order valence-corrected chi connectivity index (χ0v) is 14.1. The van der Waals surface area contributed by atoms with Gasteiger partial charge in [0.05, 0.1) is 0 Å². The first-order chi connectivity index (χ1) is 9.15. The third-order valence-corrected chi connectivity index (χ3v) is 4.02. The van der Waals surface area contributed by atoms with E-state index in [0.29, 0.717) is 6.04 Å². The van der Waals surface area contributed by atoms with Gasteiger partial charge in [-0.25, -0.2) is 0 Å². The first-order valence-corrected chi connectivity index (χ1v) is 7.43. The highest BCUT2D eigenvalue weighted by Crippen LogP contribution is 2.34. The van der Waals surface area contributed by atoms with Gasteiger partial charge in [-0.05, 0) is 62.4 Å². The van der Waals surface area contributed by atoms with E-state index >= 15 is 0 Å². The Labute approximate surface area is 132 Å². The summed E-state index contributed by atoms with van der Waals surface area (Å²) in [5.41, 5.74) is 2.15. The number of benzene rings is 1. The number of rotatable bonds is 5. The van der Waals surface area contributed by atoms with Crippen LogP contribution in [0.1, 0.15) is 44.2 Å². The molecule has 0 fully saturated rings. The summed E-state index contributed by atoms with van der Waals surface area (Å²) in [4.78, 5) is 2.56. The molecule has 1 aliphatic rings. The van der Waals surface area contributed by atoms with Gasteiger partial charge in [-0.15, -0.1) is 17.0 Å². The van der Waals surface area contributed by atoms with Crippen LogP contribution in [0.2, 0.25) is 0 Å². The molecular formula is C16H26BrNO2. The summed E-state index contributed by atoms with van der Waals surface area (Å²) in [5.74, 6) is 0.431. The van der Waals surface area contributed by atoms with Gasteiger partial charge in [0.25, 0.3) is 0 Å². The molecule has 0 amide bonds. The topological polar surface area (TPSA) is 43.7 Å². The highest BCUT2D eigenvalue weighted by molar-refractivity contribution is 8.93. The third-order valence-electron chi connectivity index (χ3n) is 4.02. The lowest BCUT2D eigenvalue weighted by Gasteiger charge is -2.35. The monoisotopic (exact) mass is 343 g/mol. The molecule has 0 bridgehead atoms. The summed E-state index contributed by atoms with van der Waals surface area (Å²) in [7, 11) is 0. The first-order valence-electron chi connectivity index (χ1n) is 7.43. The predicted octanol–water partition coefficient (Wildman–Crippen LogP) is 3.66. The van der Waals surface area contributed by atoms with E-state index in [-0.39, 0.29) is 28.5 Å². The van der Waals surface area contributed by atoms with Crippen LogP contribution in [-0.2, 0) is 12.8 Å². The van der Waals surface area contributed by atoms with E-state index in [2.05, 4.69) is 18.7 Å². The van der Waals surface area contributed by atoms with Crippen LogP contribution < -0.4 is 0 Å². The smallest absolute Gasteiger partial charge is 0.122 e. The van der Waals surface area contributed by atoms with Crippen LogP contribution in [0.15, 0.2) is 12.1 Å². The van der Waals surface area contributed by atoms with Crippen LogP contribution in [0.25, 0.3) is 0 Å². The van der Waals surface area contributed by atoms with Crippen molar-refractivity contribution in [1.29, 1.82) is 0 Å². The molecule has 1 aromatic carbocycles. The van der Waals surface area contributed by atoms with Gasteiger partial charge in [0.15, 0.2) is 0 Å². The molecule has 2 rings (SSSR count). The van der Waals surface area contributed by atoms with Crippen molar-refractivity contribution < 1.29 is 10.2 Å². The summed E-state index contributed by atoms with van der Waals surface area (Å²) in [6.45, 7) is 6.71. The van der Waals surface area contributed by atoms with Gasteiger partial charge in [0, 0.05) is 12.1 Å². The Morgan fingerprint density at radius 1 is 1.15 bits per heavy atom. The van der Waals surface area contributed by atoms with Crippen molar-refractivity contribution in [3.63, 3.8) is 0 Å². The standard InChI is InChI=1S/C16H25NO2.BrH/c1-3-7-17(8-4-2)13-5-6-15-12(9-13)10-14(18)11-16(15)19;/h10-11,13,18-19H,3-9H2,1-2H3;1H. The molecule has 0 saturated carbocycles. The zero-order valence-electron chi connectivity index (χ0n) is 12.4. The highest BCUT2D eigenvalue weighted by Gasteiger charge is 2.25. The minimum Gasteiger partial charge on any atom is -0.508 e. The number of phenols is 2. The lowest BCUT2D eigenvalue weighted by atomic mass is 9.86. The molecule has 2 N–H and O–H groups in total. The van der Waals surface area contributed by atoms with Gasteiger partial charge in [0.2, 0.25) is 0 Å². The zero-order chi connectivity index (χ0) is 13.8. The van der Waals surface area contributed by atoms with Gasteiger partial charge >= 0.3 is 0 Å². The number of fused-ring (bicyclic) bond motifs is 1. The van der Waals surface area contributed by atoms with E-state index in [1.165, 1.54) is 18.9 Å². The molecule has 0 spiro atoms. The van der Waals surface area contributed by atoms with Gasteiger partial charge < -0.3 is 15.1 Å². The second-order valence-electron chi connectivity index (χ2n) is 5.54. The van der Waals surface area contributed by atoms with Crippen molar-refractivity contribution in [2.75, 3.05) is 13.1 Å². The van der Waals surface area contributed by atoms with E-state index in [1.54, 1.807) is 0 Å². The van der Waals surface area contributed by atoms with Crippen LogP contribution in [0.5, 0.6) is 11.5 Å². The van der Waals surface area contributed by atoms with E-state index < -0.39 is 0 Å². The number of hydrogen-bond donors (Lipinski definition) is 2. The average Bonchev–Trinajstić information content (AvgIpc) is 2.37. The van der Waals surface area contributed by atoms with Crippen molar-refractivity contribution in [1.82, 2.24) is 4.90 Å². The molecule has 1 aromatic rings.